The largest absolute Gasteiger partial charge is 0.497 e. The summed E-state index contributed by atoms with van der Waals surface area (Å²) < 4.78 is 11.7. The second kappa shape index (κ2) is 18.7. The number of hydrogen-bond donors (Lipinski definition) is 0. The zero-order valence-electron chi connectivity index (χ0n) is 35.8. The molecule has 0 amide bonds. The molecule has 0 aliphatic carbocycles. The molecule has 0 aliphatic heterocycles. The van der Waals surface area contributed by atoms with Crippen LogP contribution in [0.25, 0.3) is 11.1 Å². The summed E-state index contributed by atoms with van der Waals surface area (Å²) in [7, 11) is 1.67. The van der Waals surface area contributed by atoms with Crippen molar-refractivity contribution in [2.45, 2.75) is 40.0 Å². The van der Waals surface area contributed by atoms with Gasteiger partial charge in [0.05, 0.1) is 7.11 Å². The number of methoxy groups -OCH3 is 1. The van der Waals surface area contributed by atoms with Crippen LogP contribution in [0.3, 0.4) is 0 Å². The van der Waals surface area contributed by atoms with Crippen LogP contribution in [-0.2, 0) is 5.41 Å². The number of hydrogen-bond acceptors (Lipinski definition) is 5. The minimum absolute atomic E-state index is 0.0190. The molecule has 7 aromatic rings. The third kappa shape index (κ3) is 10.1. The summed E-state index contributed by atoms with van der Waals surface area (Å²) >= 11 is 0. The Labute approximate surface area is 361 Å². The van der Waals surface area contributed by atoms with Crippen LogP contribution in [0.2, 0.25) is 0 Å². The van der Waals surface area contributed by atoms with Gasteiger partial charge < -0.3 is 19.3 Å². The van der Waals surface area contributed by atoms with E-state index in [0.717, 1.165) is 51.0 Å². The second-order valence-corrected chi connectivity index (χ2v) is 16.0. The Morgan fingerprint density at radius 2 is 0.984 bits per heavy atom. The number of nitrogens with zero attached hydrogens (tertiary/aromatic N) is 2. The third-order valence-electron chi connectivity index (χ3n) is 10.6. The van der Waals surface area contributed by atoms with Gasteiger partial charge in [-0.2, -0.15) is 0 Å². The molecule has 0 aliphatic rings. The molecule has 0 heterocycles. The maximum Gasteiger partial charge on any atom is 0.193 e. The maximum atomic E-state index is 13.1. The second-order valence-electron chi connectivity index (χ2n) is 16.0. The van der Waals surface area contributed by atoms with Crippen LogP contribution >= 0.6 is 0 Å². The van der Waals surface area contributed by atoms with Crippen molar-refractivity contribution in [2.24, 2.45) is 0 Å². The van der Waals surface area contributed by atoms with Gasteiger partial charge in [0.25, 0.3) is 0 Å². The summed E-state index contributed by atoms with van der Waals surface area (Å²) in [6.45, 7) is 15.1. The lowest BCUT2D eigenvalue weighted by Crippen LogP contribution is -2.16. The van der Waals surface area contributed by atoms with Crippen molar-refractivity contribution >= 4 is 28.5 Å². The topological polar surface area (TPSA) is 42.0 Å². The molecule has 0 fully saturated rings. The predicted molar refractivity (Wildman–Crippen MR) is 254 cm³/mol. The van der Waals surface area contributed by atoms with E-state index < -0.39 is 0 Å². The van der Waals surface area contributed by atoms with Crippen LogP contribution in [-0.4, -0.2) is 12.9 Å². The first kappa shape index (κ1) is 41.8. The monoisotopic (exact) mass is 800 g/mol. The van der Waals surface area contributed by atoms with Crippen LogP contribution in [0.15, 0.2) is 212 Å². The lowest BCUT2D eigenvalue weighted by molar-refractivity contribution is 0.103. The molecule has 0 unspecified atom stereocenters. The normalized spacial score (nSPS) is 11.8. The summed E-state index contributed by atoms with van der Waals surface area (Å²) in [5.41, 5.74) is 12.0. The molecule has 0 radical (unpaired) electrons. The molecule has 0 spiro atoms. The molecule has 7 aromatic carbocycles. The van der Waals surface area contributed by atoms with Gasteiger partial charge in [-0.25, -0.2) is 0 Å². The number of carbonyl (C=O) groups excluding carboxylic acids is 1. The number of ketones is 1. The fourth-order valence-electron chi connectivity index (χ4n) is 7.14. The highest BCUT2D eigenvalue weighted by Crippen LogP contribution is 2.36. The number of rotatable bonds is 14. The lowest BCUT2D eigenvalue weighted by atomic mass is 9.86. The maximum absolute atomic E-state index is 13.1. The van der Waals surface area contributed by atoms with E-state index >= 15 is 0 Å². The van der Waals surface area contributed by atoms with Crippen molar-refractivity contribution in [2.75, 3.05) is 16.9 Å². The Hall–Kier alpha value is -7.37. The first-order chi connectivity index (χ1) is 29.5. The molecule has 0 saturated carbocycles. The lowest BCUT2D eigenvalue weighted by Gasteiger charge is -2.28. The van der Waals surface area contributed by atoms with Gasteiger partial charge in [0.1, 0.15) is 17.2 Å². The average Bonchev–Trinajstić information content (AvgIpc) is 3.29. The van der Waals surface area contributed by atoms with Gasteiger partial charge in [0.2, 0.25) is 0 Å². The molecule has 5 nitrogen and oxygen atoms in total. The number of ether oxygens (including phenoxy) is 2. The number of para-hydroxylation sites is 1. The fourth-order valence-corrected chi connectivity index (χ4v) is 7.14. The van der Waals surface area contributed by atoms with Gasteiger partial charge in [-0.05, 0) is 151 Å². The van der Waals surface area contributed by atoms with Gasteiger partial charge in [-0.15, -0.1) is 0 Å². The van der Waals surface area contributed by atoms with Crippen LogP contribution in [0.1, 0.15) is 54.7 Å². The van der Waals surface area contributed by atoms with Crippen LogP contribution in [0, 0.1) is 6.92 Å². The van der Waals surface area contributed by atoms with E-state index in [4.69, 9.17) is 9.47 Å². The molecule has 61 heavy (non-hydrogen) atoms. The molecule has 0 saturated heterocycles. The fraction of sp³-hybridized carbons (Fsp3) is 0.125. The minimum atomic E-state index is -0.0190. The smallest absolute Gasteiger partial charge is 0.193 e. The minimum Gasteiger partial charge on any atom is -0.497 e. The van der Waals surface area contributed by atoms with E-state index in [1.807, 2.05) is 116 Å². The van der Waals surface area contributed by atoms with Crippen LogP contribution < -0.4 is 19.3 Å². The number of aryl methyl sites for hydroxylation is 1. The molecule has 7 rings (SSSR count). The molecule has 5 heteroatoms. The summed E-state index contributed by atoms with van der Waals surface area (Å²) in [6.07, 6.45) is 6.10. The third-order valence-corrected chi connectivity index (χ3v) is 10.6. The standard InChI is InChI=1S/C56H52N2O3/c1-8-47(58(48-12-10-9-11-13-48)51-30-36-52(60-7)37-31-51)27-16-41(3)57(49-28-21-43(22-29-49)42-19-25-46(26-20-42)56(4,5)6)50-32-38-54(39-33-50)61-53-34-23-45(24-35-53)55(59)44-17-14-40(2)15-18-44/h8-39H,1H2,2-7H3/b41-16+,47-27+. The zero-order valence-corrected chi connectivity index (χ0v) is 35.8. The van der Waals surface area contributed by atoms with Gasteiger partial charge in [0, 0.05) is 45.3 Å². The van der Waals surface area contributed by atoms with Crippen LogP contribution in [0.5, 0.6) is 17.2 Å². The Morgan fingerprint density at radius 1 is 0.541 bits per heavy atom. The van der Waals surface area contributed by atoms with Crippen LogP contribution in [0.4, 0.5) is 22.7 Å². The Kier molecular flexibility index (Phi) is 12.8. The van der Waals surface area contributed by atoms with Crippen molar-refractivity contribution in [3.63, 3.8) is 0 Å². The number of carbonyl (C=O) groups is 1. The average molecular weight is 801 g/mol. The van der Waals surface area contributed by atoms with Gasteiger partial charge in [-0.3, -0.25) is 4.79 Å². The highest BCUT2D eigenvalue weighted by molar-refractivity contribution is 6.09. The van der Waals surface area contributed by atoms with Gasteiger partial charge in [-0.1, -0.05) is 112 Å². The van der Waals surface area contributed by atoms with Crippen molar-refractivity contribution in [3.05, 3.63) is 234 Å². The number of benzene rings is 7. The first-order valence-electron chi connectivity index (χ1n) is 20.5. The summed E-state index contributed by atoms with van der Waals surface area (Å²) in [5.74, 6) is 2.10. The molecule has 0 atom stereocenters. The first-order valence-corrected chi connectivity index (χ1v) is 20.5. The Morgan fingerprint density at radius 3 is 1.49 bits per heavy atom. The molecule has 0 aromatic heterocycles. The quantitative estimate of drug-likeness (QED) is 0.0809. The summed E-state index contributed by atoms with van der Waals surface area (Å²) in [5, 5.41) is 0. The SMILES string of the molecule is C=C/C(=C\C=C(/C)N(c1ccc(Oc2ccc(C(=O)c3ccc(C)cc3)cc2)cc1)c1ccc(-c2ccc(C(C)(C)C)cc2)cc1)N(c1ccccc1)c1ccc(OC)cc1. The number of anilines is 4. The molecular weight excluding hydrogens is 749 g/mol. The van der Waals surface area contributed by atoms with Gasteiger partial charge in [0.15, 0.2) is 5.78 Å². The Bertz CT molecular complexity index is 2620. The molecule has 0 N–H and O–H groups in total. The summed E-state index contributed by atoms with van der Waals surface area (Å²) in [4.78, 5) is 17.5. The van der Waals surface area contributed by atoms with E-state index in [9.17, 15) is 4.79 Å². The van der Waals surface area contributed by atoms with E-state index in [0.29, 0.717) is 22.6 Å². The molecule has 304 valence electrons. The summed E-state index contributed by atoms with van der Waals surface area (Å²) in [6, 6.07) is 58.8. The Balaban J connectivity index is 1.20. The van der Waals surface area contributed by atoms with E-state index in [2.05, 4.69) is 129 Å². The van der Waals surface area contributed by atoms with E-state index in [1.54, 1.807) is 7.11 Å². The highest BCUT2D eigenvalue weighted by atomic mass is 16.5. The predicted octanol–water partition coefficient (Wildman–Crippen LogP) is 14.9. The number of allylic oxidation sites excluding steroid dienone is 4. The molecule has 0 bridgehead atoms. The van der Waals surface area contributed by atoms with E-state index in [1.165, 1.54) is 11.1 Å². The van der Waals surface area contributed by atoms with E-state index in [-0.39, 0.29) is 11.2 Å². The highest BCUT2D eigenvalue weighted by Gasteiger charge is 2.17. The van der Waals surface area contributed by atoms with Crippen molar-refractivity contribution in [1.82, 2.24) is 0 Å². The zero-order chi connectivity index (χ0) is 42.9. The van der Waals surface area contributed by atoms with Crippen molar-refractivity contribution in [1.29, 1.82) is 0 Å². The van der Waals surface area contributed by atoms with Gasteiger partial charge >= 0.3 is 0 Å². The van der Waals surface area contributed by atoms with Crippen molar-refractivity contribution in [3.8, 4) is 28.4 Å². The molecular formula is C56H52N2O3. The van der Waals surface area contributed by atoms with Crippen molar-refractivity contribution < 1.29 is 14.3 Å².